The summed E-state index contributed by atoms with van der Waals surface area (Å²) in [7, 11) is 0. The lowest BCUT2D eigenvalue weighted by atomic mass is 9.96. The van der Waals surface area contributed by atoms with Gasteiger partial charge in [0.1, 0.15) is 0 Å². The molecule has 156 valence electrons. The number of rotatable bonds is 4. The number of carbonyl (C=O) groups is 3. The van der Waals surface area contributed by atoms with Crippen molar-refractivity contribution in [2.45, 2.75) is 36.5 Å². The molecule has 2 aromatic carbocycles. The van der Waals surface area contributed by atoms with E-state index in [4.69, 9.17) is 0 Å². The highest BCUT2D eigenvalue weighted by molar-refractivity contribution is 8.01. The SMILES string of the molecule is Cc1ccccc1CNC(=O)[C@H]1CCCN(C(=O)[C@@H]2Sc3ccccc3NC2=O)C1. The molecule has 7 heteroatoms. The summed E-state index contributed by atoms with van der Waals surface area (Å²) in [5, 5.41) is 5.02. The van der Waals surface area contributed by atoms with Crippen LogP contribution in [0.2, 0.25) is 0 Å². The van der Waals surface area contributed by atoms with Crippen molar-refractivity contribution in [2.75, 3.05) is 18.4 Å². The van der Waals surface area contributed by atoms with Gasteiger partial charge in [0.05, 0.1) is 11.6 Å². The molecule has 2 heterocycles. The molecular formula is C23H25N3O3S. The summed E-state index contributed by atoms with van der Waals surface area (Å²) in [6, 6.07) is 15.4. The second kappa shape index (κ2) is 8.92. The largest absolute Gasteiger partial charge is 0.352 e. The van der Waals surface area contributed by atoms with Crippen LogP contribution >= 0.6 is 11.8 Å². The van der Waals surface area contributed by atoms with Gasteiger partial charge in [0.2, 0.25) is 17.7 Å². The van der Waals surface area contributed by atoms with Crippen molar-refractivity contribution in [1.82, 2.24) is 10.2 Å². The predicted octanol–water partition coefficient (Wildman–Crippen LogP) is 2.96. The number of piperidine rings is 1. The van der Waals surface area contributed by atoms with Crippen LogP contribution in [0.25, 0.3) is 0 Å². The topological polar surface area (TPSA) is 78.5 Å². The van der Waals surface area contributed by atoms with E-state index in [0.717, 1.165) is 34.6 Å². The highest BCUT2D eigenvalue weighted by Gasteiger charge is 2.38. The highest BCUT2D eigenvalue weighted by atomic mass is 32.2. The molecule has 2 atom stereocenters. The highest BCUT2D eigenvalue weighted by Crippen LogP contribution is 2.36. The fraction of sp³-hybridized carbons (Fsp3) is 0.348. The van der Waals surface area contributed by atoms with Crippen LogP contribution in [0, 0.1) is 12.8 Å². The van der Waals surface area contributed by atoms with Crippen LogP contribution in [0.5, 0.6) is 0 Å². The van der Waals surface area contributed by atoms with Crippen LogP contribution in [-0.2, 0) is 20.9 Å². The first-order valence-electron chi connectivity index (χ1n) is 10.2. The van der Waals surface area contributed by atoms with E-state index in [9.17, 15) is 14.4 Å². The molecule has 1 fully saturated rings. The molecule has 4 rings (SSSR count). The molecule has 0 saturated carbocycles. The molecule has 6 nitrogen and oxygen atoms in total. The minimum absolute atomic E-state index is 0.0400. The number of nitrogens with one attached hydrogen (secondary N) is 2. The third kappa shape index (κ3) is 4.36. The summed E-state index contributed by atoms with van der Waals surface area (Å²) in [5.74, 6) is -0.810. The van der Waals surface area contributed by atoms with Crippen molar-refractivity contribution in [1.29, 1.82) is 0 Å². The van der Waals surface area contributed by atoms with Crippen LogP contribution in [-0.4, -0.2) is 41.0 Å². The summed E-state index contributed by atoms with van der Waals surface area (Å²) in [6.45, 7) is 3.43. The number of nitrogens with zero attached hydrogens (tertiary/aromatic N) is 1. The number of hydrogen-bond acceptors (Lipinski definition) is 4. The molecule has 2 aromatic rings. The maximum absolute atomic E-state index is 13.1. The van der Waals surface area contributed by atoms with Gasteiger partial charge in [-0.1, -0.05) is 36.4 Å². The summed E-state index contributed by atoms with van der Waals surface area (Å²) in [5.41, 5.74) is 2.96. The summed E-state index contributed by atoms with van der Waals surface area (Å²) in [6.07, 6.45) is 1.50. The Balaban J connectivity index is 1.37. The van der Waals surface area contributed by atoms with E-state index in [1.165, 1.54) is 11.8 Å². The lowest BCUT2D eigenvalue weighted by molar-refractivity contribution is -0.137. The van der Waals surface area contributed by atoms with Crippen molar-refractivity contribution in [2.24, 2.45) is 5.92 Å². The van der Waals surface area contributed by atoms with Gasteiger partial charge in [0.25, 0.3) is 0 Å². The van der Waals surface area contributed by atoms with E-state index in [0.29, 0.717) is 19.6 Å². The molecule has 2 aliphatic rings. The first-order valence-corrected chi connectivity index (χ1v) is 11.1. The molecule has 2 aliphatic heterocycles. The number of carbonyl (C=O) groups excluding carboxylic acids is 3. The zero-order chi connectivity index (χ0) is 21.1. The van der Waals surface area contributed by atoms with E-state index in [1.807, 2.05) is 55.5 Å². The maximum Gasteiger partial charge on any atom is 0.247 e. The lowest BCUT2D eigenvalue weighted by Gasteiger charge is -2.35. The van der Waals surface area contributed by atoms with E-state index in [1.54, 1.807) is 4.90 Å². The molecule has 2 N–H and O–H groups in total. The van der Waals surface area contributed by atoms with Crippen LogP contribution in [0.1, 0.15) is 24.0 Å². The number of thioether (sulfide) groups is 1. The molecule has 0 aliphatic carbocycles. The monoisotopic (exact) mass is 423 g/mol. The second-order valence-corrected chi connectivity index (χ2v) is 8.90. The smallest absolute Gasteiger partial charge is 0.247 e. The summed E-state index contributed by atoms with van der Waals surface area (Å²) >= 11 is 1.28. The summed E-state index contributed by atoms with van der Waals surface area (Å²) in [4.78, 5) is 40.9. The second-order valence-electron chi connectivity index (χ2n) is 7.75. The summed E-state index contributed by atoms with van der Waals surface area (Å²) < 4.78 is 0. The van der Waals surface area contributed by atoms with Crippen LogP contribution in [0.15, 0.2) is 53.4 Å². The molecule has 0 unspecified atom stereocenters. The van der Waals surface area contributed by atoms with Crippen molar-refractivity contribution < 1.29 is 14.4 Å². The van der Waals surface area contributed by atoms with E-state index in [2.05, 4.69) is 10.6 Å². The number of amides is 3. The number of anilines is 1. The molecule has 3 amide bonds. The Labute approximate surface area is 180 Å². The minimum Gasteiger partial charge on any atom is -0.352 e. The van der Waals surface area contributed by atoms with Crippen molar-refractivity contribution >= 4 is 35.2 Å². The fourth-order valence-corrected chi connectivity index (χ4v) is 4.98. The van der Waals surface area contributed by atoms with Gasteiger partial charge in [-0.3, -0.25) is 14.4 Å². The first-order chi connectivity index (χ1) is 14.5. The Kier molecular flexibility index (Phi) is 6.08. The van der Waals surface area contributed by atoms with Gasteiger partial charge in [-0.15, -0.1) is 11.8 Å². The van der Waals surface area contributed by atoms with Crippen LogP contribution < -0.4 is 10.6 Å². The normalized spacial score (nSPS) is 20.8. The average Bonchev–Trinajstić information content (AvgIpc) is 2.77. The van der Waals surface area contributed by atoms with Gasteiger partial charge >= 0.3 is 0 Å². The number of fused-ring (bicyclic) bond motifs is 1. The van der Waals surface area contributed by atoms with Crippen molar-refractivity contribution in [3.05, 3.63) is 59.7 Å². The standard InChI is InChI=1S/C23H25N3O3S/c1-15-7-2-3-8-16(15)13-24-21(27)17-9-6-12-26(14-17)23(29)20-22(28)25-18-10-4-5-11-19(18)30-20/h2-5,7-8,10-11,17,20H,6,9,12-14H2,1H3,(H,24,27)(H,25,28)/t17-,20+/m0/s1. The number of hydrogen-bond donors (Lipinski definition) is 2. The number of aryl methyl sites for hydroxylation is 1. The molecule has 0 radical (unpaired) electrons. The van der Waals surface area contributed by atoms with Crippen LogP contribution in [0.4, 0.5) is 5.69 Å². The molecular weight excluding hydrogens is 398 g/mol. The third-order valence-electron chi connectivity index (χ3n) is 5.67. The predicted molar refractivity (Wildman–Crippen MR) is 117 cm³/mol. The van der Waals surface area contributed by atoms with Gasteiger partial charge in [0.15, 0.2) is 5.25 Å². The fourth-order valence-electron chi connectivity index (χ4n) is 3.91. The molecule has 0 spiro atoms. The number of benzene rings is 2. The third-order valence-corrected chi connectivity index (χ3v) is 6.93. The van der Waals surface area contributed by atoms with Crippen molar-refractivity contribution in [3.8, 4) is 0 Å². The Bertz CT molecular complexity index is 978. The minimum atomic E-state index is -0.811. The van der Waals surface area contributed by atoms with Gasteiger partial charge < -0.3 is 15.5 Å². The van der Waals surface area contributed by atoms with Gasteiger partial charge in [-0.05, 0) is 43.0 Å². The maximum atomic E-state index is 13.1. The Hall–Kier alpha value is -2.80. The van der Waals surface area contributed by atoms with E-state index >= 15 is 0 Å². The van der Waals surface area contributed by atoms with Gasteiger partial charge in [-0.25, -0.2) is 0 Å². The van der Waals surface area contributed by atoms with Crippen molar-refractivity contribution in [3.63, 3.8) is 0 Å². The Morgan fingerprint density at radius 2 is 1.93 bits per heavy atom. The average molecular weight is 424 g/mol. The Morgan fingerprint density at radius 3 is 2.77 bits per heavy atom. The molecule has 30 heavy (non-hydrogen) atoms. The molecule has 0 bridgehead atoms. The molecule has 0 aromatic heterocycles. The Morgan fingerprint density at radius 1 is 1.17 bits per heavy atom. The van der Waals surface area contributed by atoms with Gasteiger partial charge in [0, 0.05) is 24.5 Å². The quantitative estimate of drug-likeness (QED) is 0.741. The number of para-hydroxylation sites is 1. The zero-order valence-corrected chi connectivity index (χ0v) is 17.7. The molecule has 1 saturated heterocycles. The van der Waals surface area contributed by atoms with E-state index in [-0.39, 0.29) is 23.6 Å². The van der Waals surface area contributed by atoms with Gasteiger partial charge in [-0.2, -0.15) is 0 Å². The zero-order valence-electron chi connectivity index (χ0n) is 16.9. The first kappa shape index (κ1) is 20.5. The number of likely N-dealkylation sites (tertiary alicyclic amines) is 1. The lowest BCUT2D eigenvalue weighted by Crippen LogP contribution is -2.50. The van der Waals surface area contributed by atoms with E-state index < -0.39 is 5.25 Å². The van der Waals surface area contributed by atoms with Crippen LogP contribution in [0.3, 0.4) is 0 Å².